The second kappa shape index (κ2) is 20.4. The molecule has 234 valence electrons. The average Bonchev–Trinajstić information content (AvgIpc) is 3.04. The summed E-state index contributed by atoms with van der Waals surface area (Å²) in [6.07, 6.45) is 12.4. The molecule has 0 saturated carbocycles. The van der Waals surface area contributed by atoms with Crippen LogP contribution in [-0.2, 0) is 19.1 Å². The quantitative estimate of drug-likeness (QED) is 0.0536. The van der Waals surface area contributed by atoms with Crippen LogP contribution in [0.25, 0.3) is 22.6 Å². The van der Waals surface area contributed by atoms with E-state index < -0.39 is 34.6 Å². The number of aliphatic hydroxyl groups excluding tert-OH is 2. The Balaban J connectivity index is 2.02. The van der Waals surface area contributed by atoms with Crippen molar-refractivity contribution in [3.8, 4) is 23.3 Å². The number of benzene rings is 2. The highest BCUT2D eigenvalue weighted by atomic mass is 16.5. The number of esters is 2. The van der Waals surface area contributed by atoms with Crippen molar-refractivity contribution >= 4 is 23.5 Å². The molecule has 0 bridgehead atoms. The van der Waals surface area contributed by atoms with Gasteiger partial charge < -0.3 is 19.7 Å². The molecule has 0 aliphatic heterocycles. The van der Waals surface area contributed by atoms with Crippen molar-refractivity contribution in [3.63, 3.8) is 0 Å². The van der Waals surface area contributed by atoms with Crippen LogP contribution < -0.4 is 0 Å². The first-order valence-electron chi connectivity index (χ1n) is 15.6. The second-order valence-electron chi connectivity index (χ2n) is 10.6. The lowest BCUT2D eigenvalue weighted by molar-refractivity contribution is -0.139. The molecule has 2 aromatic carbocycles. The molecule has 2 aromatic rings. The van der Waals surface area contributed by atoms with E-state index in [0.29, 0.717) is 12.8 Å². The van der Waals surface area contributed by atoms with Gasteiger partial charge in [0.2, 0.25) is 0 Å². The monoisotopic (exact) mass is 600 g/mol. The van der Waals surface area contributed by atoms with Crippen LogP contribution in [0.5, 0.6) is 0 Å². The van der Waals surface area contributed by atoms with Crippen LogP contribution in [0.1, 0.15) is 102 Å². The Morgan fingerprint density at radius 1 is 0.568 bits per heavy atom. The fourth-order valence-corrected chi connectivity index (χ4v) is 4.56. The minimum atomic E-state index is -0.853. The maximum atomic E-state index is 12.4. The minimum Gasteiger partial charge on any atom is -0.506 e. The fraction of sp³-hybridized carbons (Fsp3) is 0.444. The molecule has 0 aromatic heterocycles. The van der Waals surface area contributed by atoms with Gasteiger partial charge in [0, 0.05) is 11.1 Å². The summed E-state index contributed by atoms with van der Waals surface area (Å²) in [5.41, 5.74) is 1.21. The lowest BCUT2D eigenvalue weighted by atomic mass is 10.00. The normalized spacial score (nSPS) is 11.9. The number of ether oxygens (including phenoxy) is 2. The Kier molecular flexibility index (Phi) is 16.5. The Hall–Kier alpha value is -4.56. The number of carbonyl (C=O) groups is 2. The molecule has 0 aliphatic rings. The fourth-order valence-electron chi connectivity index (χ4n) is 4.56. The van der Waals surface area contributed by atoms with Crippen molar-refractivity contribution in [1.29, 1.82) is 10.5 Å². The summed E-state index contributed by atoms with van der Waals surface area (Å²) in [5, 5.41) is 40.1. The minimum absolute atomic E-state index is 0.194. The number of nitriles is 2. The molecule has 8 nitrogen and oxygen atoms in total. The Bertz CT molecular complexity index is 1240. The number of rotatable bonds is 19. The Morgan fingerprint density at radius 3 is 1.20 bits per heavy atom. The number of nitrogens with zero attached hydrogens (tertiary/aromatic N) is 2. The highest BCUT2D eigenvalue weighted by molar-refractivity contribution is 6.00. The average molecular weight is 601 g/mol. The van der Waals surface area contributed by atoms with E-state index in [4.69, 9.17) is 9.47 Å². The standard InChI is InChI=1S/C36H44N2O6/c1-3-5-7-9-11-13-23-43-35(41)31(25-37)33(39)29-19-15-27(16-20-29)28-17-21-30(22-18-28)34(40)32(26-38)36(42)44-24-14-12-10-8-6-4-2/h15-22,39-40H,3-14,23-24H2,1-2H3/b33-31-,34-32-. The van der Waals surface area contributed by atoms with Crippen LogP contribution in [0.2, 0.25) is 0 Å². The van der Waals surface area contributed by atoms with E-state index in [1.165, 1.54) is 12.8 Å². The molecule has 0 saturated heterocycles. The van der Waals surface area contributed by atoms with Crippen LogP contribution >= 0.6 is 0 Å². The summed E-state index contributed by atoms with van der Waals surface area (Å²) in [6, 6.07) is 16.7. The zero-order chi connectivity index (χ0) is 32.2. The highest BCUT2D eigenvalue weighted by Gasteiger charge is 2.19. The van der Waals surface area contributed by atoms with Crippen molar-refractivity contribution in [3.05, 3.63) is 70.8 Å². The van der Waals surface area contributed by atoms with Gasteiger partial charge in [-0.25, -0.2) is 9.59 Å². The van der Waals surface area contributed by atoms with Crippen LogP contribution in [0.15, 0.2) is 59.7 Å². The molecule has 0 fully saturated rings. The highest BCUT2D eigenvalue weighted by Crippen LogP contribution is 2.26. The van der Waals surface area contributed by atoms with Crippen molar-refractivity contribution in [1.82, 2.24) is 0 Å². The molecule has 0 heterocycles. The smallest absolute Gasteiger partial charge is 0.352 e. The molecule has 0 amide bonds. The Labute approximate surface area is 261 Å². The third kappa shape index (κ3) is 11.6. The molecule has 0 atom stereocenters. The molecule has 0 aliphatic carbocycles. The van der Waals surface area contributed by atoms with Crippen molar-refractivity contribution < 1.29 is 29.3 Å². The molecule has 0 radical (unpaired) electrons. The zero-order valence-electron chi connectivity index (χ0n) is 25.9. The van der Waals surface area contributed by atoms with Gasteiger partial charge in [0.25, 0.3) is 0 Å². The summed E-state index contributed by atoms with van der Waals surface area (Å²) in [5.74, 6) is -2.61. The molecule has 2 N–H and O–H groups in total. The Morgan fingerprint density at radius 2 is 0.886 bits per heavy atom. The number of hydrogen-bond donors (Lipinski definition) is 2. The molecular formula is C36H44N2O6. The van der Waals surface area contributed by atoms with Gasteiger partial charge in [-0.1, -0.05) is 127 Å². The van der Waals surface area contributed by atoms with E-state index in [2.05, 4.69) is 13.8 Å². The largest absolute Gasteiger partial charge is 0.506 e. The number of hydrogen-bond acceptors (Lipinski definition) is 8. The van der Waals surface area contributed by atoms with Gasteiger partial charge in [-0.05, 0) is 24.0 Å². The van der Waals surface area contributed by atoms with Crippen molar-refractivity contribution in [2.45, 2.75) is 90.9 Å². The molecule has 0 unspecified atom stereocenters. The third-order valence-corrected chi connectivity index (χ3v) is 7.22. The summed E-state index contributed by atoms with van der Waals surface area (Å²) in [6.45, 7) is 4.68. The predicted octanol–water partition coefficient (Wildman–Crippen LogP) is 8.75. The van der Waals surface area contributed by atoms with E-state index in [1.54, 1.807) is 60.7 Å². The van der Waals surface area contributed by atoms with Crippen LogP contribution in [0, 0.1) is 22.7 Å². The maximum Gasteiger partial charge on any atom is 0.352 e. The molecule has 0 spiro atoms. The topological polar surface area (TPSA) is 141 Å². The summed E-state index contributed by atoms with van der Waals surface area (Å²) in [4.78, 5) is 24.8. The van der Waals surface area contributed by atoms with Crippen LogP contribution in [0.3, 0.4) is 0 Å². The van der Waals surface area contributed by atoms with Gasteiger partial charge >= 0.3 is 11.9 Å². The van der Waals surface area contributed by atoms with Gasteiger partial charge in [0.15, 0.2) is 11.1 Å². The zero-order valence-corrected chi connectivity index (χ0v) is 25.9. The third-order valence-electron chi connectivity index (χ3n) is 7.22. The summed E-state index contributed by atoms with van der Waals surface area (Å²) >= 11 is 0. The van der Waals surface area contributed by atoms with E-state index in [-0.39, 0.29) is 24.3 Å². The predicted molar refractivity (Wildman–Crippen MR) is 171 cm³/mol. The van der Waals surface area contributed by atoms with Crippen molar-refractivity contribution in [2.75, 3.05) is 13.2 Å². The molecular weight excluding hydrogens is 556 g/mol. The van der Waals surface area contributed by atoms with E-state index in [0.717, 1.165) is 62.5 Å². The van der Waals surface area contributed by atoms with Gasteiger partial charge in [-0.2, -0.15) is 10.5 Å². The van der Waals surface area contributed by atoms with E-state index >= 15 is 0 Å². The van der Waals surface area contributed by atoms with Gasteiger partial charge in [-0.15, -0.1) is 0 Å². The number of carbonyl (C=O) groups excluding carboxylic acids is 2. The first kappa shape index (κ1) is 35.6. The second-order valence-corrected chi connectivity index (χ2v) is 10.6. The molecule has 44 heavy (non-hydrogen) atoms. The number of unbranched alkanes of at least 4 members (excludes halogenated alkanes) is 10. The summed E-state index contributed by atoms with van der Waals surface area (Å²) in [7, 11) is 0. The summed E-state index contributed by atoms with van der Waals surface area (Å²) < 4.78 is 10.4. The number of aliphatic hydroxyl groups is 2. The van der Waals surface area contributed by atoms with Gasteiger partial charge in [0.05, 0.1) is 13.2 Å². The first-order valence-corrected chi connectivity index (χ1v) is 15.6. The SMILES string of the molecule is CCCCCCCCOC(=O)/C(C#N)=C(\O)c1ccc(-c2ccc(/C(O)=C(\C#N)C(=O)OCCCCCCCC)cc2)cc1. The van der Waals surface area contributed by atoms with Crippen molar-refractivity contribution in [2.24, 2.45) is 0 Å². The van der Waals surface area contributed by atoms with E-state index in [9.17, 15) is 30.3 Å². The molecule has 2 rings (SSSR count). The lowest BCUT2D eigenvalue weighted by Gasteiger charge is -2.09. The lowest BCUT2D eigenvalue weighted by Crippen LogP contribution is -2.10. The maximum absolute atomic E-state index is 12.4. The van der Waals surface area contributed by atoms with Gasteiger partial charge in [-0.3, -0.25) is 0 Å². The van der Waals surface area contributed by atoms with Crippen LogP contribution in [0.4, 0.5) is 0 Å². The van der Waals surface area contributed by atoms with Gasteiger partial charge in [0.1, 0.15) is 23.7 Å². The molecule has 8 heteroatoms. The van der Waals surface area contributed by atoms with E-state index in [1.807, 2.05) is 0 Å². The van der Waals surface area contributed by atoms with Crippen LogP contribution in [-0.4, -0.2) is 35.4 Å². The first-order chi connectivity index (χ1) is 21.4.